The third-order valence-electron chi connectivity index (χ3n) is 2.52. The first-order valence-electron chi connectivity index (χ1n) is 5.95. The second kappa shape index (κ2) is 5.68. The minimum atomic E-state index is -1.33. The maximum atomic E-state index is 13.4. The Hall–Kier alpha value is -2.44. The summed E-state index contributed by atoms with van der Waals surface area (Å²) in [6.07, 6.45) is 0. The van der Waals surface area contributed by atoms with E-state index in [1.807, 2.05) is 13.8 Å². The van der Waals surface area contributed by atoms with E-state index in [4.69, 9.17) is 14.4 Å². The second-order valence-electron chi connectivity index (χ2n) is 4.44. The van der Waals surface area contributed by atoms with Gasteiger partial charge in [0.2, 0.25) is 11.7 Å². The van der Waals surface area contributed by atoms with E-state index in [-0.39, 0.29) is 18.3 Å². The van der Waals surface area contributed by atoms with Crippen LogP contribution in [0.15, 0.2) is 22.7 Å². The lowest BCUT2D eigenvalue weighted by Crippen LogP contribution is -2.02. The monoisotopic (exact) mass is 280 g/mol. The van der Waals surface area contributed by atoms with Gasteiger partial charge in [0.05, 0.1) is 5.56 Å². The van der Waals surface area contributed by atoms with Crippen molar-refractivity contribution >= 4 is 5.97 Å². The first kappa shape index (κ1) is 14.0. The Labute approximate surface area is 114 Å². The Morgan fingerprint density at radius 3 is 2.80 bits per heavy atom. The molecule has 0 aliphatic rings. The molecule has 0 radical (unpaired) electrons. The predicted molar refractivity (Wildman–Crippen MR) is 66.1 cm³/mol. The molecule has 0 unspecified atom stereocenters. The molecule has 1 aromatic heterocycles. The van der Waals surface area contributed by atoms with E-state index in [2.05, 4.69) is 10.1 Å². The molecule has 6 nitrogen and oxygen atoms in total. The first-order chi connectivity index (χ1) is 9.47. The molecular formula is C13H13FN2O4. The summed E-state index contributed by atoms with van der Waals surface area (Å²) in [7, 11) is 0. The van der Waals surface area contributed by atoms with Crippen molar-refractivity contribution in [1.82, 2.24) is 10.1 Å². The molecule has 20 heavy (non-hydrogen) atoms. The van der Waals surface area contributed by atoms with Crippen LogP contribution in [0.1, 0.15) is 41.8 Å². The molecule has 106 valence electrons. The van der Waals surface area contributed by atoms with Crippen molar-refractivity contribution in [3.05, 3.63) is 41.3 Å². The summed E-state index contributed by atoms with van der Waals surface area (Å²) in [5.74, 6) is -1.03. The van der Waals surface area contributed by atoms with Crippen LogP contribution in [-0.2, 0) is 6.61 Å². The number of carbonyl (C=O) groups is 1. The number of nitrogens with zero attached hydrogens (tertiary/aromatic N) is 2. The van der Waals surface area contributed by atoms with Gasteiger partial charge in [-0.15, -0.1) is 0 Å². The maximum absolute atomic E-state index is 13.4. The smallest absolute Gasteiger partial charge is 0.338 e. The molecule has 0 aliphatic heterocycles. The summed E-state index contributed by atoms with van der Waals surface area (Å²) >= 11 is 0. The molecule has 0 fully saturated rings. The van der Waals surface area contributed by atoms with Crippen LogP contribution in [0.3, 0.4) is 0 Å². The van der Waals surface area contributed by atoms with E-state index in [0.29, 0.717) is 11.7 Å². The average molecular weight is 280 g/mol. The highest BCUT2D eigenvalue weighted by Gasteiger charge is 2.13. The summed E-state index contributed by atoms with van der Waals surface area (Å²) in [6, 6.07) is 3.52. The van der Waals surface area contributed by atoms with Crippen LogP contribution < -0.4 is 4.74 Å². The van der Waals surface area contributed by atoms with Crippen LogP contribution in [0.4, 0.5) is 4.39 Å². The molecule has 2 aromatic rings. The number of carboxylic acid groups (broad SMARTS) is 1. The fraction of sp³-hybridized carbons (Fsp3) is 0.308. The van der Waals surface area contributed by atoms with Crippen LogP contribution in [0.5, 0.6) is 5.75 Å². The van der Waals surface area contributed by atoms with Gasteiger partial charge in [0.25, 0.3) is 0 Å². The van der Waals surface area contributed by atoms with Crippen molar-refractivity contribution in [1.29, 1.82) is 0 Å². The van der Waals surface area contributed by atoms with Crippen molar-refractivity contribution < 1.29 is 23.6 Å². The number of benzene rings is 1. The van der Waals surface area contributed by atoms with E-state index in [9.17, 15) is 9.18 Å². The molecule has 0 spiro atoms. The van der Waals surface area contributed by atoms with E-state index in [0.717, 1.165) is 12.1 Å². The quantitative estimate of drug-likeness (QED) is 0.906. The fourth-order valence-corrected chi connectivity index (χ4v) is 1.47. The third-order valence-corrected chi connectivity index (χ3v) is 2.52. The average Bonchev–Trinajstić information content (AvgIpc) is 2.85. The Morgan fingerprint density at radius 2 is 2.25 bits per heavy atom. The fourth-order valence-electron chi connectivity index (χ4n) is 1.47. The first-order valence-corrected chi connectivity index (χ1v) is 5.95. The number of rotatable bonds is 5. The number of halogens is 1. The van der Waals surface area contributed by atoms with Crippen LogP contribution >= 0.6 is 0 Å². The number of aromatic nitrogens is 2. The molecule has 0 amide bonds. The molecule has 0 aliphatic carbocycles. The Kier molecular flexibility index (Phi) is 3.97. The van der Waals surface area contributed by atoms with Gasteiger partial charge in [-0.25, -0.2) is 9.18 Å². The Balaban J connectivity index is 2.03. The summed E-state index contributed by atoms with van der Waals surface area (Å²) in [5, 5.41) is 12.4. The number of hydrogen-bond acceptors (Lipinski definition) is 5. The molecule has 0 saturated heterocycles. The predicted octanol–water partition coefficient (Wildman–Crippen LogP) is 2.61. The number of hydrogen-bond donors (Lipinski definition) is 1. The lowest BCUT2D eigenvalue weighted by Gasteiger charge is -2.04. The van der Waals surface area contributed by atoms with Crippen molar-refractivity contribution in [2.75, 3.05) is 0 Å². The highest BCUT2D eigenvalue weighted by atomic mass is 19.1. The zero-order chi connectivity index (χ0) is 14.7. The van der Waals surface area contributed by atoms with Crippen molar-refractivity contribution in [2.24, 2.45) is 0 Å². The van der Waals surface area contributed by atoms with Crippen LogP contribution in [0.2, 0.25) is 0 Å². The Morgan fingerprint density at radius 1 is 1.50 bits per heavy atom. The van der Waals surface area contributed by atoms with Gasteiger partial charge < -0.3 is 14.4 Å². The van der Waals surface area contributed by atoms with Gasteiger partial charge in [-0.05, 0) is 12.1 Å². The van der Waals surface area contributed by atoms with Gasteiger partial charge in [-0.3, -0.25) is 0 Å². The van der Waals surface area contributed by atoms with Gasteiger partial charge >= 0.3 is 5.97 Å². The van der Waals surface area contributed by atoms with Crippen LogP contribution in [-0.4, -0.2) is 21.2 Å². The van der Waals surface area contributed by atoms with E-state index < -0.39 is 17.3 Å². The maximum Gasteiger partial charge on any atom is 0.338 e. The second-order valence-corrected chi connectivity index (χ2v) is 4.44. The van der Waals surface area contributed by atoms with Gasteiger partial charge in [-0.2, -0.15) is 4.98 Å². The van der Waals surface area contributed by atoms with E-state index in [1.165, 1.54) is 6.07 Å². The molecule has 1 N–H and O–H groups in total. The highest BCUT2D eigenvalue weighted by Crippen LogP contribution is 2.18. The summed E-state index contributed by atoms with van der Waals surface area (Å²) in [6.45, 7) is 3.85. The van der Waals surface area contributed by atoms with Crippen LogP contribution in [0.25, 0.3) is 0 Å². The molecule has 7 heteroatoms. The normalized spacial score (nSPS) is 10.8. The minimum absolute atomic E-state index is 0.0160. The molecule has 1 aromatic carbocycles. The third kappa shape index (κ3) is 3.11. The lowest BCUT2D eigenvalue weighted by atomic mass is 10.2. The summed E-state index contributed by atoms with van der Waals surface area (Å²) < 4.78 is 23.7. The lowest BCUT2D eigenvalue weighted by molar-refractivity contribution is 0.0692. The molecule has 1 heterocycles. The van der Waals surface area contributed by atoms with Gasteiger partial charge in [-0.1, -0.05) is 19.0 Å². The summed E-state index contributed by atoms with van der Waals surface area (Å²) in [5.41, 5.74) is -0.404. The minimum Gasteiger partial charge on any atom is -0.485 e. The van der Waals surface area contributed by atoms with Crippen LogP contribution in [0, 0.1) is 5.82 Å². The van der Waals surface area contributed by atoms with Crippen molar-refractivity contribution in [3.8, 4) is 5.75 Å². The van der Waals surface area contributed by atoms with Gasteiger partial charge in [0.15, 0.2) is 6.61 Å². The topological polar surface area (TPSA) is 85.5 Å². The molecule has 0 saturated carbocycles. The molecular weight excluding hydrogens is 267 g/mol. The number of aromatic carboxylic acids is 1. The standard InChI is InChI=1S/C13H13FN2O4/c1-7(2)12-15-11(16-20-12)6-19-8-3-4-9(13(17)18)10(14)5-8/h3-5,7H,6H2,1-2H3,(H,17,18). The Bertz CT molecular complexity index is 625. The number of carboxylic acids is 1. The molecule has 0 atom stereocenters. The van der Waals surface area contributed by atoms with Gasteiger partial charge in [0, 0.05) is 12.0 Å². The van der Waals surface area contributed by atoms with E-state index in [1.54, 1.807) is 0 Å². The zero-order valence-corrected chi connectivity index (χ0v) is 11.0. The summed E-state index contributed by atoms with van der Waals surface area (Å²) in [4.78, 5) is 14.8. The zero-order valence-electron chi connectivity index (χ0n) is 11.0. The van der Waals surface area contributed by atoms with Crippen molar-refractivity contribution in [3.63, 3.8) is 0 Å². The highest BCUT2D eigenvalue weighted by molar-refractivity contribution is 5.88. The molecule has 2 rings (SSSR count). The largest absolute Gasteiger partial charge is 0.485 e. The van der Waals surface area contributed by atoms with Crippen molar-refractivity contribution in [2.45, 2.75) is 26.4 Å². The molecule has 0 bridgehead atoms. The van der Waals surface area contributed by atoms with E-state index >= 15 is 0 Å². The van der Waals surface area contributed by atoms with Gasteiger partial charge in [0.1, 0.15) is 11.6 Å². The SMILES string of the molecule is CC(C)c1nc(COc2ccc(C(=O)O)c(F)c2)no1. The number of ether oxygens (including phenoxy) is 1.